The largest absolute Gasteiger partial charge is 0.451 e. The molecular weight excluding hydrogens is 376 g/mol. The average Bonchev–Trinajstić information content (AvgIpc) is 2.93. The Morgan fingerprint density at radius 1 is 0.966 bits per heavy atom. The summed E-state index contributed by atoms with van der Waals surface area (Å²) in [5, 5.41) is 2.54. The summed E-state index contributed by atoms with van der Waals surface area (Å²) in [5.41, 5.74) is 1.06. The van der Waals surface area contributed by atoms with Crippen LogP contribution in [0.1, 0.15) is 44.9 Å². The highest BCUT2D eigenvalue weighted by Crippen LogP contribution is 2.22. The fourth-order valence-electron chi connectivity index (χ4n) is 2.93. The van der Waals surface area contributed by atoms with Crippen molar-refractivity contribution < 1.29 is 28.7 Å². The molecule has 1 N–H and O–H groups in total. The van der Waals surface area contributed by atoms with Gasteiger partial charge in [0.1, 0.15) is 6.54 Å². The van der Waals surface area contributed by atoms with Crippen LogP contribution >= 0.6 is 0 Å². The number of carbonyl (C=O) groups is 5. The number of Topliss-reactive ketones (excluding diaryl/α,β-unsaturated/α-hetero) is 1. The van der Waals surface area contributed by atoms with Gasteiger partial charge in [0.2, 0.25) is 0 Å². The van der Waals surface area contributed by atoms with Crippen LogP contribution in [0.15, 0.2) is 48.5 Å². The Bertz CT molecular complexity index is 994. The first-order valence-corrected chi connectivity index (χ1v) is 8.85. The van der Waals surface area contributed by atoms with Crippen molar-refractivity contribution in [3.63, 3.8) is 0 Å². The number of para-hydroxylation sites is 1. The molecule has 3 amide bonds. The molecule has 0 aliphatic carbocycles. The molecule has 0 radical (unpaired) electrons. The Kier molecular flexibility index (Phi) is 5.54. The number of nitrogens with one attached hydrogen (secondary N) is 1. The van der Waals surface area contributed by atoms with Crippen LogP contribution in [0.25, 0.3) is 0 Å². The highest BCUT2D eigenvalue weighted by atomic mass is 16.5. The van der Waals surface area contributed by atoms with Gasteiger partial charge in [-0.1, -0.05) is 24.3 Å². The maximum absolute atomic E-state index is 12.3. The van der Waals surface area contributed by atoms with Crippen molar-refractivity contribution in [3.8, 4) is 0 Å². The molecule has 8 nitrogen and oxygen atoms in total. The Labute approximate surface area is 166 Å². The van der Waals surface area contributed by atoms with Gasteiger partial charge in [-0.05, 0) is 38.1 Å². The topological polar surface area (TPSA) is 110 Å². The van der Waals surface area contributed by atoms with E-state index in [4.69, 9.17) is 4.74 Å². The molecule has 1 heterocycles. The summed E-state index contributed by atoms with van der Waals surface area (Å²) < 4.78 is 5.06. The number of anilines is 1. The maximum Gasteiger partial charge on any atom is 0.326 e. The second kappa shape index (κ2) is 8.05. The van der Waals surface area contributed by atoms with Crippen molar-refractivity contribution in [1.82, 2.24) is 4.90 Å². The lowest BCUT2D eigenvalue weighted by Gasteiger charge is -2.17. The third-order valence-corrected chi connectivity index (χ3v) is 4.41. The van der Waals surface area contributed by atoms with Crippen molar-refractivity contribution in [3.05, 3.63) is 65.2 Å². The smallest absolute Gasteiger partial charge is 0.326 e. The van der Waals surface area contributed by atoms with E-state index in [0.717, 1.165) is 4.90 Å². The van der Waals surface area contributed by atoms with Gasteiger partial charge < -0.3 is 10.1 Å². The molecule has 1 aliphatic heterocycles. The van der Waals surface area contributed by atoms with Gasteiger partial charge in [-0.2, -0.15) is 0 Å². The number of hydrogen-bond donors (Lipinski definition) is 1. The molecule has 0 fully saturated rings. The second-order valence-electron chi connectivity index (χ2n) is 6.47. The number of hydrogen-bond acceptors (Lipinski definition) is 6. The molecule has 29 heavy (non-hydrogen) atoms. The lowest BCUT2D eigenvalue weighted by Crippen LogP contribution is -2.38. The maximum atomic E-state index is 12.3. The van der Waals surface area contributed by atoms with Gasteiger partial charge in [-0.25, -0.2) is 0 Å². The van der Waals surface area contributed by atoms with E-state index in [0.29, 0.717) is 11.3 Å². The number of nitrogens with zero attached hydrogens (tertiary/aromatic N) is 1. The van der Waals surface area contributed by atoms with E-state index in [1.807, 2.05) is 0 Å². The fourth-order valence-corrected chi connectivity index (χ4v) is 2.93. The van der Waals surface area contributed by atoms with Crippen molar-refractivity contribution in [2.45, 2.75) is 20.0 Å². The van der Waals surface area contributed by atoms with E-state index in [9.17, 15) is 24.0 Å². The number of benzene rings is 2. The molecule has 3 rings (SSSR count). The Morgan fingerprint density at radius 2 is 1.52 bits per heavy atom. The van der Waals surface area contributed by atoms with Crippen LogP contribution < -0.4 is 5.32 Å². The highest BCUT2D eigenvalue weighted by Gasteiger charge is 2.37. The van der Waals surface area contributed by atoms with Crippen molar-refractivity contribution >= 4 is 35.2 Å². The monoisotopic (exact) mass is 394 g/mol. The molecule has 0 saturated heterocycles. The normalized spacial score (nSPS) is 13.7. The molecule has 1 aliphatic rings. The summed E-state index contributed by atoms with van der Waals surface area (Å²) in [6.45, 7) is 2.12. The van der Waals surface area contributed by atoms with Crippen LogP contribution in [-0.4, -0.2) is 47.0 Å². The average molecular weight is 394 g/mol. The second-order valence-corrected chi connectivity index (χ2v) is 6.47. The lowest BCUT2D eigenvalue weighted by molar-refractivity contribution is -0.153. The number of carbonyl (C=O) groups excluding carboxylic acids is 5. The number of esters is 1. The molecule has 0 bridgehead atoms. The van der Waals surface area contributed by atoms with Crippen molar-refractivity contribution in [1.29, 1.82) is 0 Å². The predicted molar refractivity (Wildman–Crippen MR) is 102 cm³/mol. The third-order valence-electron chi connectivity index (χ3n) is 4.41. The van der Waals surface area contributed by atoms with Gasteiger partial charge in [0, 0.05) is 5.56 Å². The lowest BCUT2D eigenvalue weighted by atomic mass is 10.1. The highest BCUT2D eigenvalue weighted by molar-refractivity contribution is 6.22. The first-order valence-electron chi connectivity index (χ1n) is 8.85. The molecular formula is C21H18N2O6. The summed E-state index contributed by atoms with van der Waals surface area (Å²) in [6.07, 6.45) is -1.20. The molecule has 148 valence electrons. The SMILES string of the molecule is CC(=O)c1ccccc1NC(=O)C(C)OC(=O)CN1C(=O)c2ccccc2C1=O. The van der Waals surface area contributed by atoms with E-state index in [1.54, 1.807) is 36.4 Å². The molecule has 2 aromatic carbocycles. The van der Waals surface area contributed by atoms with Crippen LogP contribution in [0.4, 0.5) is 5.69 Å². The zero-order valence-corrected chi connectivity index (χ0v) is 15.8. The van der Waals surface area contributed by atoms with Crippen molar-refractivity contribution in [2.75, 3.05) is 11.9 Å². The predicted octanol–water partition coefficient (Wildman–Crippen LogP) is 2.06. The van der Waals surface area contributed by atoms with Gasteiger partial charge in [0.25, 0.3) is 17.7 Å². The van der Waals surface area contributed by atoms with Crippen LogP contribution in [0.5, 0.6) is 0 Å². The summed E-state index contributed by atoms with van der Waals surface area (Å²) in [5.74, 6) is -2.95. The van der Waals surface area contributed by atoms with Gasteiger partial charge in [-0.15, -0.1) is 0 Å². The molecule has 2 aromatic rings. The van der Waals surface area contributed by atoms with Crippen LogP contribution in [0.3, 0.4) is 0 Å². The first-order chi connectivity index (χ1) is 13.8. The summed E-state index contributed by atoms with van der Waals surface area (Å²) in [7, 11) is 0. The van der Waals surface area contributed by atoms with Crippen LogP contribution in [-0.2, 0) is 14.3 Å². The number of ketones is 1. The van der Waals surface area contributed by atoms with E-state index in [2.05, 4.69) is 5.32 Å². The van der Waals surface area contributed by atoms with Gasteiger partial charge in [0.05, 0.1) is 16.8 Å². The summed E-state index contributed by atoms with van der Waals surface area (Å²) in [4.78, 5) is 61.5. The van der Waals surface area contributed by atoms with E-state index in [1.165, 1.54) is 26.0 Å². The molecule has 0 aromatic heterocycles. The number of rotatable bonds is 6. The van der Waals surface area contributed by atoms with Gasteiger partial charge >= 0.3 is 5.97 Å². The number of ether oxygens (including phenoxy) is 1. The van der Waals surface area contributed by atoms with E-state index >= 15 is 0 Å². The minimum Gasteiger partial charge on any atom is -0.451 e. The van der Waals surface area contributed by atoms with Crippen LogP contribution in [0.2, 0.25) is 0 Å². The number of fused-ring (bicyclic) bond motifs is 1. The van der Waals surface area contributed by atoms with Crippen molar-refractivity contribution in [2.24, 2.45) is 0 Å². The van der Waals surface area contributed by atoms with E-state index < -0.39 is 36.3 Å². The van der Waals surface area contributed by atoms with Gasteiger partial charge in [0.15, 0.2) is 11.9 Å². The summed E-state index contributed by atoms with van der Waals surface area (Å²) in [6, 6.07) is 12.7. The number of amides is 3. The van der Waals surface area contributed by atoms with Crippen LogP contribution in [0, 0.1) is 0 Å². The third kappa shape index (κ3) is 4.06. The van der Waals surface area contributed by atoms with Gasteiger partial charge in [-0.3, -0.25) is 28.9 Å². The molecule has 0 spiro atoms. The standard InChI is InChI=1S/C21H18N2O6/c1-12(24)14-7-5-6-10-17(14)22-19(26)13(2)29-18(25)11-23-20(27)15-8-3-4-9-16(15)21(23)28/h3-10,13H,11H2,1-2H3,(H,22,26). The Morgan fingerprint density at radius 3 is 2.10 bits per heavy atom. The fraction of sp³-hybridized carbons (Fsp3) is 0.190. The molecule has 8 heteroatoms. The minimum absolute atomic E-state index is 0.219. The quantitative estimate of drug-likeness (QED) is 0.456. The molecule has 1 atom stereocenters. The molecule has 1 unspecified atom stereocenters. The Hall–Kier alpha value is -3.81. The number of imide groups is 1. The minimum atomic E-state index is -1.20. The zero-order valence-electron chi connectivity index (χ0n) is 15.8. The van der Waals surface area contributed by atoms with E-state index in [-0.39, 0.29) is 16.9 Å². The zero-order chi connectivity index (χ0) is 21.1. The first kappa shape index (κ1) is 19.9. The summed E-state index contributed by atoms with van der Waals surface area (Å²) >= 11 is 0. The Balaban J connectivity index is 1.61. The molecule has 0 saturated carbocycles.